The fraction of sp³-hybridized carbons (Fsp3) is 0.286. The number of carbonyl (C=O) groups excluding carboxylic acids is 1. The van der Waals surface area contributed by atoms with Crippen LogP contribution in [0.5, 0.6) is 0 Å². The third-order valence-corrected chi connectivity index (χ3v) is 3.11. The van der Waals surface area contributed by atoms with Gasteiger partial charge in [-0.15, -0.1) is 0 Å². The first-order valence-electron chi connectivity index (χ1n) is 6.85. The standard InChI is InChI=1S/C14H17N3O3/c1-17-8-9(10-4-2-3-5-12(10)17)6-11(14(19)20)16-13(18)7-15/h2-5,8,11H,6-7,15H2,1H3,(H,16,18)(H,19,20)/t11-/m0/s1/i1D. The van der Waals surface area contributed by atoms with Crippen molar-refractivity contribution in [3.8, 4) is 0 Å². The van der Waals surface area contributed by atoms with Gasteiger partial charge in [0.15, 0.2) is 0 Å². The summed E-state index contributed by atoms with van der Waals surface area (Å²) >= 11 is 0. The smallest absolute Gasteiger partial charge is 0.326 e. The monoisotopic (exact) mass is 276 g/mol. The molecule has 106 valence electrons. The van der Waals surface area contributed by atoms with Crippen LogP contribution < -0.4 is 11.1 Å². The van der Waals surface area contributed by atoms with E-state index < -0.39 is 17.9 Å². The Morgan fingerprint density at radius 3 is 2.90 bits per heavy atom. The lowest BCUT2D eigenvalue weighted by Crippen LogP contribution is -2.44. The predicted molar refractivity (Wildman–Crippen MR) is 75.2 cm³/mol. The summed E-state index contributed by atoms with van der Waals surface area (Å²) in [7, 11) is 0.0490. The Labute approximate surface area is 117 Å². The zero-order chi connectivity index (χ0) is 15.4. The summed E-state index contributed by atoms with van der Waals surface area (Å²) in [6, 6.07) is 6.44. The second-order valence-corrected chi connectivity index (χ2v) is 4.51. The third kappa shape index (κ3) is 2.80. The molecule has 4 N–H and O–H groups in total. The number of para-hydroxylation sites is 1. The van der Waals surface area contributed by atoms with E-state index in [1.54, 1.807) is 10.8 Å². The summed E-state index contributed by atoms with van der Waals surface area (Å²) in [6.07, 6.45) is 1.90. The Kier molecular flexibility index (Phi) is 3.64. The minimum atomic E-state index is -1.11. The topological polar surface area (TPSA) is 97.4 Å². The lowest BCUT2D eigenvalue weighted by Gasteiger charge is -2.13. The van der Waals surface area contributed by atoms with Crippen molar-refractivity contribution in [3.63, 3.8) is 0 Å². The molecule has 0 unspecified atom stereocenters. The van der Waals surface area contributed by atoms with E-state index in [1.165, 1.54) is 0 Å². The second-order valence-electron chi connectivity index (χ2n) is 4.51. The molecular weight excluding hydrogens is 258 g/mol. The Bertz CT molecular complexity index is 669. The van der Waals surface area contributed by atoms with Crippen LogP contribution in [-0.2, 0) is 23.0 Å². The summed E-state index contributed by atoms with van der Waals surface area (Å²) in [5.74, 6) is -1.62. The lowest BCUT2D eigenvalue weighted by atomic mass is 10.1. The van der Waals surface area contributed by atoms with Gasteiger partial charge < -0.3 is 20.7 Å². The van der Waals surface area contributed by atoms with Crippen molar-refractivity contribution in [1.29, 1.82) is 0 Å². The highest BCUT2D eigenvalue weighted by Gasteiger charge is 2.21. The molecule has 6 heteroatoms. The van der Waals surface area contributed by atoms with Crippen molar-refractivity contribution < 1.29 is 16.1 Å². The molecule has 1 aromatic carbocycles. The summed E-state index contributed by atoms with van der Waals surface area (Å²) < 4.78 is 9.24. The van der Waals surface area contributed by atoms with E-state index in [0.717, 1.165) is 16.5 Å². The van der Waals surface area contributed by atoms with Crippen molar-refractivity contribution in [2.75, 3.05) is 6.54 Å². The van der Waals surface area contributed by atoms with Gasteiger partial charge in [-0.05, 0) is 11.6 Å². The molecule has 0 spiro atoms. The molecule has 0 aliphatic heterocycles. The molecule has 0 bridgehead atoms. The van der Waals surface area contributed by atoms with E-state index in [2.05, 4.69) is 5.32 Å². The molecule has 0 aliphatic rings. The van der Waals surface area contributed by atoms with Gasteiger partial charge in [0.05, 0.1) is 6.54 Å². The minimum absolute atomic E-state index is 0.0490. The molecule has 0 fully saturated rings. The van der Waals surface area contributed by atoms with Crippen LogP contribution in [0.25, 0.3) is 10.9 Å². The number of aliphatic carboxylic acids is 1. The van der Waals surface area contributed by atoms with E-state index in [4.69, 9.17) is 7.10 Å². The highest BCUT2D eigenvalue weighted by Crippen LogP contribution is 2.21. The van der Waals surface area contributed by atoms with Crippen LogP contribution >= 0.6 is 0 Å². The van der Waals surface area contributed by atoms with Gasteiger partial charge in [0.25, 0.3) is 0 Å². The van der Waals surface area contributed by atoms with Crippen LogP contribution in [0.15, 0.2) is 30.5 Å². The third-order valence-electron chi connectivity index (χ3n) is 3.11. The number of amides is 1. The van der Waals surface area contributed by atoms with Crippen LogP contribution in [0.2, 0.25) is 0 Å². The molecule has 0 saturated carbocycles. The predicted octanol–water partition coefficient (Wildman–Crippen LogP) is 0.249. The lowest BCUT2D eigenvalue weighted by molar-refractivity contribution is -0.141. The first kappa shape index (κ1) is 12.7. The number of rotatable bonds is 5. The SMILES string of the molecule is [2H]Cn1cc(C[C@H](NC(=O)CN)C(=O)O)c2ccccc21. The van der Waals surface area contributed by atoms with E-state index in [1.807, 2.05) is 24.3 Å². The molecule has 1 heterocycles. The van der Waals surface area contributed by atoms with E-state index in [9.17, 15) is 14.7 Å². The van der Waals surface area contributed by atoms with Gasteiger partial charge >= 0.3 is 5.97 Å². The zero-order valence-electron chi connectivity index (χ0n) is 11.9. The zero-order valence-corrected chi connectivity index (χ0v) is 10.9. The molecule has 1 atom stereocenters. The number of nitrogens with zero attached hydrogens (tertiary/aromatic N) is 1. The maximum Gasteiger partial charge on any atom is 0.326 e. The molecular formula is C14H17N3O3. The number of nitrogens with two attached hydrogens (primary N) is 1. The van der Waals surface area contributed by atoms with Crippen LogP contribution in [-0.4, -0.2) is 34.1 Å². The Balaban J connectivity index is 2.32. The van der Waals surface area contributed by atoms with Gasteiger partial charge in [0, 0.05) is 31.9 Å². The number of hydrogen-bond acceptors (Lipinski definition) is 3. The van der Waals surface area contributed by atoms with Gasteiger partial charge in [-0.1, -0.05) is 18.2 Å². The van der Waals surface area contributed by atoms with E-state index in [-0.39, 0.29) is 20.0 Å². The van der Waals surface area contributed by atoms with Crippen molar-refractivity contribution in [2.24, 2.45) is 12.8 Å². The van der Waals surface area contributed by atoms with Gasteiger partial charge in [0.2, 0.25) is 5.91 Å². The number of carbonyl (C=O) groups is 2. The number of aromatic nitrogens is 1. The van der Waals surface area contributed by atoms with Gasteiger partial charge in [-0.3, -0.25) is 4.79 Å². The number of carboxylic acid groups (broad SMARTS) is 1. The Morgan fingerprint density at radius 1 is 1.50 bits per heavy atom. The molecule has 6 nitrogen and oxygen atoms in total. The molecule has 20 heavy (non-hydrogen) atoms. The Hall–Kier alpha value is -2.34. The number of carboxylic acids is 1. The number of nitrogens with one attached hydrogen (secondary N) is 1. The van der Waals surface area contributed by atoms with Crippen LogP contribution in [0.1, 0.15) is 6.93 Å². The van der Waals surface area contributed by atoms with E-state index >= 15 is 0 Å². The molecule has 1 aromatic heterocycles. The van der Waals surface area contributed by atoms with Crippen LogP contribution in [0.4, 0.5) is 0 Å². The summed E-state index contributed by atoms with van der Waals surface area (Å²) in [5, 5.41) is 12.5. The fourth-order valence-corrected chi connectivity index (χ4v) is 2.16. The first-order valence-corrected chi connectivity index (χ1v) is 6.15. The Morgan fingerprint density at radius 2 is 2.25 bits per heavy atom. The van der Waals surface area contributed by atoms with Crippen molar-refractivity contribution in [2.45, 2.75) is 12.5 Å². The van der Waals surface area contributed by atoms with E-state index in [0.29, 0.717) is 0 Å². The molecule has 0 saturated heterocycles. The fourth-order valence-electron chi connectivity index (χ4n) is 2.16. The molecule has 0 aliphatic carbocycles. The van der Waals surface area contributed by atoms with Gasteiger partial charge in [-0.25, -0.2) is 4.79 Å². The van der Waals surface area contributed by atoms with Gasteiger partial charge in [0.1, 0.15) is 6.04 Å². The molecule has 0 radical (unpaired) electrons. The maximum atomic E-state index is 11.3. The number of aryl methyl sites for hydroxylation is 1. The average molecular weight is 276 g/mol. The van der Waals surface area contributed by atoms with Crippen molar-refractivity contribution in [3.05, 3.63) is 36.0 Å². The number of hydrogen-bond donors (Lipinski definition) is 3. The summed E-state index contributed by atoms with van der Waals surface area (Å²) in [4.78, 5) is 22.6. The average Bonchev–Trinajstić information content (AvgIpc) is 2.84. The molecule has 2 rings (SSSR count). The van der Waals surface area contributed by atoms with Crippen molar-refractivity contribution in [1.82, 2.24) is 9.88 Å². The number of fused-ring (bicyclic) bond motifs is 1. The summed E-state index contributed by atoms with van der Waals surface area (Å²) in [6.45, 7) is -0.252. The molecule has 1 amide bonds. The molecule has 2 aromatic rings. The summed E-state index contributed by atoms with van der Waals surface area (Å²) in [5.41, 5.74) is 6.85. The van der Waals surface area contributed by atoms with Crippen molar-refractivity contribution >= 4 is 22.8 Å². The largest absolute Gasteiger partial charge is 0.480 e. The highest BCUT2D eigenvalue weighted by atomic mass is 16.4. The highest BCUT2D eigenvalue weighted by molar-refractivity contribution is 5.87. The van der Waals surface area contributed by atoms with Crippen LogP contribution in [0, 0.1) is 0 Å². The number of benzene rings is 1. The quantitative estimate of drug-likeness (QED) is 0.729. The van der Waals surface area contributed by atoms with Crippen LogP contribution in [0.3, 0.4) is 0 Å². The van der Waals surface area contributed by atoms with Gasteiger partial charge in [-0.2, -0.15) is 0 Å². The second kappa shape index (κ2) is 5.75. The normalized spacial score (nSPS) is 12.9. The minimum Gasteiger partial charge on any atom is -0.480 e. The first-order chi connectivity index (χ1) is 10.1. The maximum absolute atomic E-state index is 11.3.